The van der Waals surface area contributed by atoms with Gasteiger partial charge in [-0.05, 0) is 43.6 Å². The molecule has 0 aliphatic heterocycles. The van der Waals surface area contributed by atoms with E-state index in [9.17, 15) is 5.11 Å². The second-order valence-corrected chi connectivity index (χ2v) is 7.61. The van der Waals surface area contributed by atoms with E-state index in [1.54, 1.807) is 0 Å². The zero-order valence-electron chi connectivity index (χ0n) is 14.2. The van der Waals surface area contributed by atoms with Gasteiger partial charge in [-0.1, -0.05) is 39.5 Å². The zero-order chi connectivity index (χ0) is 15.1. The highest BCUT2D eigenvalue weighted by Gasteiger charge is 2.37. The molecular weight excluding hydrogens is 260 g/mol. The van der Waals surface area contributed by atoms with Crippen LogP contribution in [0.25, 0.3) is 0 Å². The minimum Gasteiger partial charge on any atom is -0.395 e. The third kappa shape index (κ3) is 4.94. The van der Waals surface area contributed by atoms with Crippen LogP contribution in [0.15, 0.2) is 0 Å². The molecule has 0 aromatic carbocycles. The monoisotopic (exact) mass is 296 g/mol. The Hall–Kier alpha value is -0.120. The molecule has 21 heavy (non-hydrogen) atoms. The molecule has 124 valence electrons. The van der Waals surface area contributed by atoms with Crippen molar-refractivity contribution in [3.63, 3.8) is 0 Å². The highest BCUT2D eigenvalue weighted by molar-refractivity contribution is 4.92. The quantitative estimate of drug-likeness (QED) is 0.723. The van der Waals surface area contributed by atoms with E-state index in [0.29, 0.717) is 12.0 Å². The van der Waals surface area contributed by atoms with Gasteiger partial charge in [-0.3, -0.25) is 4.90 Å². The van der Waals surface area contributed by atoms with E-state index in [-0.39, 0.29) is 0 Å². The predicted octanol–water partition coefficient (Wildman–Crippen LogP) is 3.03. The van der Waals surface area contributed by atoms with Gasteiger partial charge in [-0.15, -0.1) is 0 Å². The molecule has 2 rings (SSSR count). The summed E-state index contributed by atoms with van der Waals surface area (Å²) in [4.78, 5) is 2.63. The Labute approximate surface area is 131 Å². The van der Waals surface area contributed by atoms with Gasteiger partial charge in [0, 0.05) is 25.7 Å². The van der Waals surface area contributed by atoms with Gasteiger partial charge in [-0.2, -0.15) is 0 Å². The van der Waals surface area contributed by atoms with Crippen molar-refractivity contribution in [3.8, 4) is 0 Å². The number of aliphatic hydroxyl groups is 1. The summed E-state index contributed by atoms with van der Waals surface area (Å²) in [6.45, 7) is 9.22. The van der Waals surface area contributed by atoms with Gasteiger partial charge in [0.25, 0.3) is 0 Å². The van der Waals surface area contributed by atoms with Crippen molar-refractivity contribution in [1.29, 1.82) is 0 Å². The number of nitrogens with zero attached hydrogens (tertiary/aromatic N) is 1. The van der Waals surface area contributed by atoms with E-state index in [0.717, 1.165) is 31.6 Å². The Bertz CT molecular complexity index is 291. The summed E-state index contributed by atoms with van der Waals surface area (Å²) in [6, 6.07) is 0.730. The van der Waals surface area contributed by atoms with E-state index in [1.807, 2.05) is 0 Å². The third-order valence-electron chi connectivity index (χ3n) is 5.70. The highest BCUT2D eigenvalue weighted by Crippen LogP contribution is 2.40. The maximum atomic E-state index is 9.48. The number of hydrogen-bond donors (Lipinski definition) is 2. The molecule has 2 fully saturated rings. The summed E-state index contributed by atoms with van der Waals surface area (Å²) in [5.74, 6) is 0.858. The van der Waals surface area contributed by atoms with Gasteiger partial charge < -0.3 is 10.4 Å². The maximum Gasteiger partial charge on any atom is 0.0558 e. The Morgan fingerprint density at radius 3 is 2.57 bits per heavy atom. The molecule has 0 aromatic heterocycles. The largest absolute Gasteiger partial charge is 0.395 e. The Balaban J connectivity index is 2.03. The lowest BCUT2D eigenvalue weighted by Crippen LogP contribution is -2.49. The summed E-state index contributed by atoms with van der Waals surface area (Å²) < 4.78 is 0. The average Bonchev–Trinajstić information content (AvgIpc) is 2.99. The summed E-state index contributed by atoms with van der Waals surface area (Å²) in [5, 5.41) is 13.1. The number of hydrogen-bond acceptors (Lipinski definition) is 3. The SMILES string of the molecule is CCNCC1(CN(CCO)C2CCCC2)CCCC(C)C1. The predicted molar refractivity (Wildman–Crippen MR) is 89.5 cm³/mol. The fourth-order valence-corrected chi connectivity index (χ4v) is 4.74. The van der Waals surface area contributed by atoms with Gasteiger partial charge >= 0.3 is 0 Å². The highest BCUT2D eigenvalue weighted by atomic mass is 16.3. The number of aliphatic hydroxyl groups excluding tert-OH is 1. The van der Waals surface area contributed by atoms with Crippen LogP contribution in [0.2, 0.25) is 0 Å². The van der Waals surface area contributed by atoms with Crippen molar-refractivity contribution in [2.75, 3.05) is 32.8 Å². The summed E-state index contributed by atoms with van der Waals surface area (Å²) in [6.07, 6.45) is 10.9. The first-order valence-corrected chi connectivity index (χ1v) is 9.25. The minimum absolute atomic E-state index is 0.309. The lowest BCUT2D eigenvalue weighted by molar-refractivity contribution is 0.0485. The molecular formula is C18H36N2O. The molecule has 0 bridgehead atoms. The number of nitrogens with one attached hydrogen (secondary N) is 1. The topological polar surface area (TPSA) is 35.5 Å². The van der Waals surface area contributed by atoms with Crippen LogP contribution < -0.4 is 5.32 Å². The molecule has 0 radical (unpaired) electrons. The van der Waals surface area contributed by atoms with Crippen LogP contribution >= 0.6 is 0 Å². The Kier molecular flexibility index (Phi) is 6.97. The van der Waals surface area contributed by atoms with Crippen molar-refractivity contribution in [2.24, 2.45) is 11.3 Å². The average molecular weight is 296 g/mol. The van der Waals surface area contributed by atoms with Gasteiger partial charge in [-0.25, -0.2) is 0 Å². The van der Waals surface area contributed by atoms with Crippen molar-refractivity contribution >= 4 is 0 Å². The molecule has 0 aromatic rings. The van der Waals surface area contributed by atoms with Crippen LogP contribution in [0.4, 0.5) is 0 Å². The van der Waals surface area contributed by atoms with Crippen molar-refractivity contribution in [1.82, 2.24) is 10.2 Å². The van der Waals surface area contributed by atoms with Gasteiger partial charge in [0.1, 0.15) is 0 Å². The Morgan fingerprint density at radius 1 is 1.19 bits per heavy atom. The molecule has 2 unspecified atom stereocenters. The normalized spacial score (nSPS) is 31.1. The molecule has 2 saturated carbocycles. The summed E-state index contributed by atoms with van der Waals surface area (Å²) in [7, 11) is 0. The maximum absolute atomic E-state index is 9.48. The van der Waals surface area contributed by atoms with E-state index < -0.39 is 0 Å². The molecule has 2 aliphatic rings. The van der Waals surface area contributed by atoms with Crippen LogP contribution in [-0.4, -0.2) is 48.8 Å². The second kappa shape index (κ2) is 8.50. The van der Waals surface area contributed by atoms with Crippen LogP contribution in [0.1, 0.15) is 65.2 Å². The van der Waals surface area contributed by atoms with E-state index in [1.165, 1.54) is 57.9 Å². The van der Waals surface area contributed by atoms with E-state index >= 15 is 0 Å². The van der Waals surface area contributed by atoms with Gasteiger partial charge in [0.15, 0.2) is 0 Å². The first kappa shape index (κ1) is 17.2. The molecule has 0 heterocycles. The van der Waals surface area contributed by atoms with Gasteiger partial charge in [0.2, 0.25) is 0 Å². The fraction of sp³-hybridized carbons (Fsp3) is 1.00. The third-order valence-corrected chi connectivity index (χ3v) is 5.70. The molecule has 3 nitrogen and oxygen atoms in total. The smallest absolute Gasteiger partial charge is 0.0558 e. The van der Waals surface area contributed by atoms with Crippen LogP contribution in [0, 0.1) is 11.3 Å². The van der Waals surface area contributed by atoms with E-state index in [4.69, 9.17) is 0 Å². The molecule has 0 spiro atoms. The molecule has 2 N–H and O–H groups in total. The molecule has 3 heteroatoms. The summed E-state index contributed by atoms with van der Waals surface area (Å²) >= 11 is 0. The first-order valence-electron chi connectivity index (χ1n) is 9.25. The van der Waals surface area contributed by atoms with E-state index in [2.05, 4.69) is 24.1 Å². The lowest BCUT2D eigenvalue weighted by Gasteiger charge is -2.45. The van der Waals surface area contributed by atoms with Gasteiger partial charge in [0.05, 0.1) is 6.61 Å². The Morgan fingerprint density at radius 2 is 1.95 bits per heavy atom. The molecule has 0 saturated heterocycles. The van der Waals surface area contributed by atoms with Crippen LogP contribution in [-0.2, 0) is 0 Å². The van der Waals surface area contributed by atoms with Crippen molar-refractivity contribution < 1.29 is 5.11 Å². The second-order valence-electron chi connectivity index (χ2n) is 7.61. The number of rotatable bonds is 8. The van der Waals surface area contributed by atoms with Crippen molar-refractivity contribution in [3.05, 3.63) is 0 Å². The van der Waals surface area contributed by atoms with Crippen LogP contribution in [0.3, 0.4) is 0 Å². The van der Waals surface area contributed by atoms with Crippen molar-refractivity contribution in [2.45, 2.75) is 71.3 Å². The molecule has 2 atom stereocenters. The van der Waals surface area contributed by atoms with Crippen LogP contribution in [0.5, 0.6) is 0 Å². The first-order chi connectivity index (χ1) is 10.2. The molecule has 0 amide bonds. The molecule has 2 aliphatic carbocycles. The standard InChI is InChI=1S/C18H36N2O/c1-3-19-14-18(10-6-7-16(2)13-18)15-20(11-12-21)17-8-4-5-9-17/h16-17,19,21H,3-15H2,1-2H3. The zero-order valence-corrected chi connectivity index (χ0v) is 14.2. The minimum atomic E-state index is 0.309. The summed E-state index contributed by atoms with van der Waals surface area (Å²) in [5.41, 5.74) is 0.436. The lowest BCUT2D eigenvalue weighted by atomic mass is 9.69. The fourth-order valence-electron chi connectivity index (χ4n) is 4.74.